The summed E-state index contributed by atoms with van der Waals surface area (Å²) in [5, 5.41) is 0.785. The highest BCUT2D eigenvalue weighted by atomic mass is 19.4. The van der Waals surface area contributed by atoms with Gasteiger partial charge in [0.1, 0.15) is 17.2 Å². The molecule has 0 saturated heterocycles. The van der Waals surface area contributed by atoms with Crippen molar-refractivity contribution in [2.45, 2.75) is 51.7 Å². The van der Waals surface area contributed by atoms with E-state index < -0.39 is 35.7 Å². The Morgan fingerprint density at radius 3 is 2.50 bits per heavy atom. The van der Waals surface area contributed by atoms with E-state index in [0.717, 1.165) is 17.0 Å². The van der Waals surface area contributed by atoms with E-state index in [1.807, 2.05) is 16.7 Å². The van der Waals surface area contributed by atoms with E-state index in [1.165, 1.54) is 6.07 Å². The number of benzene rings is 2. The molecular formula is C26H23F6N3O3. The number of fused-ring (bicyclic) bond motifs is 1. The van der Waals surface area contributed by atoms with E-state index in [-0.39, 0.29) is 17.9 Å². The zero-order valence-corrected chi connectivity index (χ0v) is 20.3. The Hall–Kier alpha value is -3.96. The number of ether oxygens (including phenoxy) is 1. The number of carbonyl (C=O) groups is 1. The molecule has 0 aliphatic carbocycles. The van der Waals surface area contributed by atoms with Crippen LogP contribution in [0.2, 0.25) is 0 Å². The largest absolute Gasteiger partial charge is 0.481 e. The molecule has 0 aliphatic rings. The summed E-state index contributed by atoms with van der Waals surface area (Å²) in [4.78, 5) is 15.7. The Kier molecular flexibility index (Phi) is 7.18. The first-order chi connectivity index (χ1) is 17.8. The molecule has 2 aromatic carbocycles. The number of aromatic nitrogens is 2. The van der Waals surface area contributed by atoms with Crippen LogP contribution in [0, 0.1) is 0 Å². The SMILES string of the molecule is CCc1oc(-c2ccc(OC(C)C(F)(F)F)c(C(F)(F)F)c2)nc1-c1cccc2c1ccn2CCC(N)=O. The molecule has 6 nitrogen and oxygen atoms in total. The number of rotatable bonds is 8. The average molecular weight is 539 g/mol. The third-order valence-electron chi connectivity index (χ3n) is 5.98. The molecule has 4 aromatic rings. The van der Waals surface area contributed by atoms with Gasteiger partial charge in [0, 0.05) is 47.6 Å². The minimum atomic E-state index is -4.99. The van der Waals surface area contributed by atoms with Gasteiger partial charge in [0.25, 0.3) is 0 Å². The molecule has 2 aromatic heterocycles. The third-order valence-corrected chi connectivity index (χ3v) is 5.98. The molecule has 0 radical (unpaired) electrons. The average Bonchev–Trinajstić information content (AvgIpc) is 3.46. The number of nitrogens with two attached hydrogens (primary N) is 1. The fraction of sp³-hybridized carbons (Fsp3) is 0.308. The lowest BCUT2D eigenvalue weighted by atomic mass is 10.0. The van der Waals surface area contributed by atoms with Gasteiger partial charge in [-0.05, 0) is 37.3 Å². The van der Waals surface area contributed by atoms with E-state index in [4.69, 9.17) is 10.2 Å². The zero-order valence-electron chi connectivity index (χ0n) is 20.3. The summed E-state index contributed by atoms with van der Waals surface area (Å²) >= 11 is 0. The van der Waals surface area contributed by atoms with Crippen molar-refractivity contribution < 1.29 is 40.3 Å². The summed E-state index contributed by atoms with van der Waals surface area (Å²) in [6.07, 6.45) is -9.96. The molecule has 0 spiro atoms. The van der Waals surface area contributed by atoms with Crippen molar-refractivity contribution in [3.63, 3.8) is 0 Å². The van der Waals surface area contributed by atoms with E-state index in [2.05, 4.69) is 9.72 Å². The van der Waals surface area contributed by atoms with Gasteiger partial charge < -0.3 is 19.5 Å². The lowest BCUT2D eigenvalue weighted by molar-refractivity contribution is -0.191. The Labute approximate surface area is 213 Å². The molecule has 12 heteroatoms. The first-order valence-corrected chi connectivity index (χ1v) is 11.6. The number of nitrogens with zero attached hydrogens (tertiary/aromatic N) is 2. The first kappa shape index (κ1) is 27.1. The molecule has 0 saturated carbocycles. The van der Waals surface area contributed by atoms with Gasteiger partial charge in [-0.2, -0.15) is 26.3 Å². The van der Waals surface area contributed by atoms with Crippen LogP contribution in [0.25, 0.3) is 33.6 Å². The van der Waals surface area contributed by atoms with Crippen molar-refractivity contribution in [3.05, 3.63) is 60.0 Å². The van der Waals surface area contributed by atoms with Gasteiger partial charge >= 0.3 is 12.4 Å². The normalized spacial score (nSPS) is 13.2. The van der Waals surface area contributed by atoms with Crippen LogP contribution in [0.5, 0.6) is 5.75 Å². The van der Waals surface area contributed by atoms with Crippen LogP contribution in [-0.4, -0.2) is 27.7 Å². The van der Waals surface area contributed by atoms with Gasteiger partial charge in [-0.15, -0.1) is 0 Å². The fourth-order valence-electron chi connectivity index (χ4n) is 4.03. The third kappa shape index (κ3) is 5.48. The summed E-state index contributed by atoms with van der Waals surface area (Å²) in [6, 6.07) is 9.91. The van der Waals surface area contributed by atoms with Crippen molar-refractivity contribution >= 4 is 16.8 Å². The van der Waals surface area contributed by atoms with E-state index in [1.54, 1.807) is 25.3 Å². The number of primary amides is 1. The van der Waals surface area contributed by atoms with Gasteiger partial charge in [0.2, 0.25) is 11.8 Å². The molecule has 2 N–H and O–H groups in total. The van der Waals surface area contributed by atoms with Crippen molar-refractivity contribution in [1.29, 1.82) is 0 Å². The van der Waals surface area contributed by atoms with Gasteiger partial charge in [0.15, 0.2) is 6.10 Å². The van der Waals surface area contributed by atoms with Crippen LogP contribution in [-0.2, 0) is 23.9 Å². The van der Waals surface area contributed by atoms with Gasteiger partial charge in [-0.3, -0.25) is 4.79 Å². The molecule has 4 rings (SSSR count). The quantitative estimate of drug-likeness (QED) is 0.251. The smallest absolute Gasteiger partial charge is 0.425 e. The Bertz CT molecular complexity index is 1470. The second-order valence-corrected chi connectivity index (χ2v) is 8.62. The maximum Gasteiger partial charge on any atom is 0.425 e. The topological polar surface area (TPSA) is 83.3 Å². The first-order valence-electron chi connectivity index (χ1n) is 11.6. The van der Waals surface area contributed by atoms with E-state index >= 15 is 0 Å². The van der Waals surface area contributed by atoms with Crippen molar-refractivity contribution in [3.8, 4) is 28.5 Å². The van der Waals surface area contributed by atoms with Crippen LogP contribution in [0.4, 0.5) is 26.3 Å². The maximum atomic E-state index is 13.8. The molecule has 1 unspecified atom stereocenters. The van der Waals surface area contributed by atoms with Crippen molar-refractivity contribution in [1.82, 2.24) is 9.55 Å². The predicted molar refractivity (Wildman–Crippen MR) is 127 cm³/mol. The molecule has 38 heavy (non-hydrogen) atoms. The van der Waals surface area contributed by atoms with Crippen molar-refractivity contribution in [2.24, 2.45) is 5.73 Å². The lowest BCUT2D eigenvalue weighted by Crippen LogP contribution is -2.31. The monoisotopic (exact) mass is 539 g/mol. The molecule has 0 bridgehead atoms. The summed E-state index contributed by atoms with van der Waals surface area (Å²) in [5.41, 5.74) is 5.69. The predicted octanol–water partition coefficient (Wildman–Crippen LogP) is 6.75. The van der Waals surface area contributed by atoms with Crippen LogP contribution in [0.15, 0.2) is 53.1 Å². The highest BCUT2D eigenvalue weighted by Crippen LogP contribution is 2.41. The molecule has 1 amide bonds. The standard InChI is InChI=1S/C26H23F6N3O3/c1-3-20-23(17-5-4-6-19-16(17)9-11-35(19)12-10-22(33)36)34-24(38-20)15-7-8-21(18(13-15)26(30,31)32)37-14(2)25(27,28)29/h4-9,11,13-14H,3,10,12H2,1-2H3,(H2,33,36). The van der Waals surface area contributed by atoms with Crippen LogP contribution < -0.4 is 10.5 Å². The highest BCUT2D eigenvalue weighted by molar-refractivity contribution is 5.95. The minimum Gasteiger partial charge on any atom is -0.481 e. The number of oxazole rings is 1. The maximum absolute atomic E-state index is 13.8. The number of alkyl halides is 6. The van der Waals surface area contributed by atoms with Crippen molar-refractivity contribution in [2.75, 3.05) is 0 Å². The summed E-state index contributed by atoms with van der Waals surface area (Å²) < 4.78 is 92.2. The summed E-state index contributed by atoms with van der Waals surface area (Å²) in [6.45, 7) is 2.79. The highest BCUT2D eigenvalue weighted by Gasteiger charge is 2.41. The Morgan fingerprint density at radius 1 is 1.13 bits per heavy atom. The van der Waals surface area contributed by atoms with E-state index in [9.17, 15) is 31.1 Å². The molecular weight excluding hydrogens is 516 g/mol. The number of hydrogen-bond acceptors (Lipinski definition) is 4. The Morgan fingerprint density at radius 2 is 1.87 bits per heavy atom. The van der Waals surface area contributed by atoms with Crippen LogP contribution in [0.1, 0.15) is 31.6 Å². The molecule has 1 atom stereocenters. The summed E-state index contributed by atoms with van der Waals surface area (Å²) in [5.74, 6) is -1.10. The summed E-state index contributed by atoms with van der Waals surface area (Å²) in [7, 11) is 0. The number of aryl methyl sites for hydroxylation is 2. The lowest BCUT2D eigenvalue weighted by Gasteiger charge is -2.21. The zero-order chi connectivity index (χ0) is 27.8. The van der Waals surface area contributed by atoms with Crippen LogP contribution >= 0.6 is 0 Å². The van der Waals surface area contributed by atoms with Crippen LogP contribution in [0.3, 0.4) is 0 Å². The fourth-order valence-corrected chi connectivity index (χ4v) is 4.03. The number of amides is 1. The number of halogens is 6. The number of carbonyl (C=O) groups excluding carboxylic acids is 1. The molecule has 0 aliphatic heterocycles. The Balaban J connectivity index is 1.76. The molecule has 2 heterocycles. The van der Waals surface area contributed by atoms with Gasteiger partial charge in [0.05, 0.1) is 5.56 Å². The minimum absolute atomic E-state index is 0.0727. The number of hydrogen-bond donors (Lipinski definition) is 1. The van der Waals surface area contributed by atoms with Gasteiger partial charge in [-0.25, -0.2) is 4.98 Å². The van der Waals surface area contributed by atoms with Gasteiger partial charge in [-0.1, -0.05) is 19.1 Å². The molecule has 0 fully saturated rings. The second kappa shape index (κ2) is 10.1. The molecule has 202 valence electrons. The second-order valence-electron chi connectivity index (χ2n) is 8.62. The van der Waals surface area contributed by atoms with E-state index in [0.29, 0.717) is 43.0 Å².